The van der Waals surface area contributed by atoms with E-state index in [2.05, 4.69) is 21.2 Å². The largest absolute Gasteiger partial charge is 0.316 e. The van der Waals surface area contributed by atoms with Crippen molar-refractivity contribution in [2.24, 2.45) is 0 Å². The van der Waals surface area contributed by atoms with Gasteiger partial charge in [-0.2, -0.15) is 0 Å². The highest BCUT2D eigenvalue weighted by molar-refractivity contribution is 9.10. The molecule has 1 N–H and O–H groups in total. The van der Waals surface area contributed by atoms with E-state index in [-0.39, 0.29) is 12.4 Å². The van der Waals surface area contributed by atoms with Crippen LogP contribution in [0.3, 0.4) is 0 Å². The van der Waals surface area contributed by atoms with Crippen LogP contribution >= 0.6 is 28.3 Å². The summed E-state index contributed by atoms with van der Waals surface area (Å²) in [5.41, 5.74) is 0.579. The van der Waals surface area contributed by atoms with Gasteiger partial charge in [0.05, 0.1) is 4.47 Å². The third kappa shape index (κ3) is 3.21. The first-order valence-electron chi connectivity index (χ1n) is 3.43. The van der Waals surface area contributed by atoms with E-state index in [1.165, 1.54) is 6.07 Å². The van der Waals surface area contributed by atoms with Crippen LogP contribution < -0.4 is 5.32 Å². The molecule has 1 rings (SSSR count). The number of rotatable bonds is 2. The van der Waals surface area contributed by atoms with E-state index in [0.717, 1.165) is 6.07 Å². The Kier molecular flexibility index (Phi) is 5.44. The molecule has 74 valence electrons. The number of hydrogen-bond acceptors (Lipinski definition) is 1. The second-order valence-corrected chi connectivity index (χ2v) is 3.18. The van der Waals surface area contributed by atoms with Crippen molar-refractivity contribution < 1.29 is 8.78 Å². The topological polar surface area (TPSA) is 12.0 Å². The summed E-state index contributed by atoms with van der Waals surface area (Å²) in [6.45, 7) is 0.440. The molecule has 1 nitrogen and oxygen atoms in total. The van der Waals surface area contributed by atoms with Crippen LogP contribution in [0.2, 0.25) is 0 Å². The lowest BCUT2D eigenvalue weighted by Crippen LogP contribution is -2.06. The number of halogens is 4. The molecule has 1 aromatic rings. The van der Waals surface area contributed by atoms with Crippen molar-refractivity contribution >= 4 is 28.3 Å². The molecule has 1 aromatic carbocycles. The molecule has 0 saturated heterocycles. The Morgan fingerprint density at radius 1 is 1.38 bits per heavy atom. The fourth-order valence-corrected chi connectivity index (χ4v) is 1.30. The first-order chi connectivity index (χ1) is 5.65. The normalized spacial score (nSPS) is 9.54. The number of hydrogen-bond donors (Lipinski definition) is 1. The zero-order valence-corrected chi connectivity index (χ0v) is 9.31. The monoisotopic (exact) mass is 271 g/mol. The predicted octanol–water partition coefficient (Wildman–Crippen LogP) is 2.87. The highest BCUT2D eigenvalue weighted by atomic mass is 79.9. The van der Waals surface area contributed by atoms with E-state index in [1.54, 1.807) is 7.05 Å². The van der Waals surface area contributed by atoms with E-state index in [1.807, 2.05) is 0 Å². The average Bonchev–Trinajstić information content (AvgIpc) is 2.00. The van der Waals surface area contributed by atoms with Crippen LogP contribution in [0.4, 0.5) is 8.78 Å². The lowest BCUT2D eigenvalue weighted by Gasteiger charge is -2.04. The van der Waals surface area contributed by atoms with Gasteiger partial charge in [0.15, 0.2) is 0 Å². The lowest BCUT2D eigenvalue weighted by molar-refractivity contribution is 0.573. The maximum absolute atomic E-state index is 12.8. The third-order valence-corrected chi connectivity index (χ3v) is 2.32. The fourth-order valence-electron chi connectivity index (χ4n) is 0.928. The minimum Gasteiger partial charge on any atom is -0.316 e. The molecule has 0 atom stereocenters. The Morgan fingerprint density at radius 2 is 2.00 bits per heavy atom. The second kappa shape index (κ2) is 5.52. The van der Waals surface area contributed by atoms with Gasteiger partial charge >= 0.3 is 0 Å². The van der Waals surface area contributed by atoms with Gasteiger partial charge in [-0.15, -0.1) is 12.4 Å². The van der Waals surface area contributed by atoms with Crippen molar-refractivity contribution in [2.45, 2.75) is 6.54 Å². The summed E-state index contributed by atoms with van der Waals surface area (Å²) in [5.74, 6) is -1.12. The van der Waals surface area contributed by atoms with Crippen molar-refractivity contribution in [1.29, 1.82) is 0 Å². The van der Waals surface area contributed by atoms with Crippen molar-refractivity contribution in [1.82, 2.24) is 5.32 Å². The van der Waals surface area contributed by atoms with Crippen LogP contribution in [-0.2, 0) is 6.54 Å². The van der Waals surface area contributed by atoms with Gasteiger partial charge in [-0.1, -0.05) is 0 Å². The molecule has 5 heteroatoms. The highest BCUT2D eigenvalue weighted by Crippen LogP contribution is 2.21. The third-order valence-electron chi connectivity index (χ3n) is 1.44. The first kappa shape index (κ1) is 12.8. The maximum Gasteiger partial charge on any atom is 0.140 e. The van der Waals surface area contributed by atoms with E-state index < -0.39 is 11.6 Å². The van der Waals surface area contributed by atoms with Crippen LogP contribution in [0.25, 0.3) is 0 Å². The van der Waals surface area contributed by atoms with Gasteiger partial charge in [-0.3, -0.25) is 0 Å². The van der Waals surface area contributed by atoms with Crippen molar-refractivity contribution in [2.75, 3.05) is 7.05 Å². The second-order valence-electron chi connectivity index (χ2n) is 2.39. The van der Waals surface area contributed by atoms with Gasteiger partial charge in [0.1, 0.15) is 11.6 Å². The zero-order chi connectivity index (χ0) is 9.14. The molecule has 0 heterocycles. The standard InChI is InChI=1S/C8H8BrF2N.ClH/c1-12-4-5-2-6(10)3-7(11)8(5)9;/h2-3,12H,4H2,1H3;1H. The molecule has 0 amide bonds. The molecule has 0 aromatic heterocycles. The van der Waals surface area contributed by atoms with Crippen molar-refractivity contribution in [3.8, 4) is 0 Å². The molecular formula is C8H9BrClF2N. The lowest BCUT2D eigenvalue weighted by atomic mass is 10.2. The summed E-state index contributed by atoms with van der Waals surface area (Å²) >= 11 is 3.03. The smallest absolute Gasteiger partial charge is 0.140 e. The summed E-state index contributed by atoms with van der Waals surface area (Å²) in [6.07, 6.45) is 0. The molecule has 0 unspecified atom stereocenters. The number of nitrogens with one attached hydrogen (secondary N) is 1. The van der Waals surface area contributed by atoms with Crippen molar-refractivity contribution in [3.05, 3.63) is 33.8 Å². The summed E-state index contributed by atoms with van der Waals surface area (Å²) in [4.78, 5) is 0. The average molecular weight is 273 g/mol. The Bertz CT molecular complexity index is 294. The summed E-state index contributed by atoms with van der Waals surface area (Å²) in [5, 5.41) is 2.82. The SMILES string of the molecule is CNCc1cc(F)cc(F)c1Br.Cl. The quantitative estimate of drug-likeness (QED) is 0.816. The fraction of sp³-hybridized carbons (Fsp3) is 0.250. The molecule has 13 heavy (non-hydrogen) atoms. The Hall–Kier alpha value is -0.190. The Labute approximate surface area is 90.1 Å². The van der Waals surface area contributed by atoms with Crippen LogP contribution in [-0.4, -0.2) is 7.05 Å². The molecule has 0 aliphatic rings. The molecule has 0 aliphatic carbocycles. The molecule has 0 aliphatic heterocycles. The molecule has 0 fully saturated rings. The van der Waals surface area contributed by atoms with Gasteiger partial charge in [-0.25, -0.2) is 8.78 Å². The molecule has 0 spiro atoms. The van der Waals surface area contributed by atoms with Crippen LogP contribution in [0.15, 0.2) is 16.6 Å². The van der Waals surface area contributed by atoms with E-state index in [9.17, 15) is 8.78 Å². The van der Waals surface area contributed by atoms with Crippen LogP contribution in [0.1, 0.15) is 5.56 Å². The Morgan fingerprint density at radius 3 is 2.54 bits per heavy atom. The molecule has 0 radical (unpaired) electrons. The van der Waals surface area contributed by atoms with E-state index >= 15 is 0 Å². The van der Waals surface area contributed by atoms with Crippen LogP contribution in [0, 0.1) is 11.6 Å². The Balaban J connectivity index is 0.00000144. The number of benzene rings is 1. The molecular weight excluding hydrogens is 263 g/mol. The van der Waals surface area contributed by atoms with Gasteiger partial charge in [0.25, 0.3) is 0 Å². The van der Waals surface area contributed by atoms with Crippen molar-refractivity contribution in [3.63, 3.8) is 0 Å². The first-order valence-corrected chi connectivity index (χ1v) is 4.22. The van der Waals surface area contributed by atoms with Gasteiger partial charge in [0, 0.05) is 12.6 Å². The minimum absolute atomic E-state index is 0. The zero-order valence-electron chi connectivity index (χ0n) is 6.90. The van der Waals surface area contributed by atoms with Gasteiger partial charge in [0.2, 0.25) is 0 Å². The van der Waals surface area contributed by atoms with Gasteiger partial charge < -0.3 is 5.32 Å². The van der Waals surface area contributed by atoms with Crippen LogP contribution in [0.5, 0.6) is 0 Å². The minimum atomic E-state index is -0.569. The van der Waals surface area contributed by atoms with E-state index in [0.29, 0.717) is 16.6 Å². The van der Waals surface area contributed by atoms with Gasteiger partial charge in [-0.05, 0) is 34.6 Å². The summed E-state index contributed by atoms with van der Waals surface area (Å²) < 4.78 is 25.8. The highest BCUT2D eigenvalue weighted by Gasteiger charge is 2.07. The summed E-state index contributed by atoms with van der Waals surface area (Å²) in [7, 11) is 1.72. The van der Waals surface area contributed by atoms with E-state index in [4.69, 9.17) is 0 Å². The predicted molar refractivity (Wildman–Crippen MR) is 54.1 cm³/mol. The molecule has 0 saturated carbocycles. The summed E-state index contributed by atoms with van der Waals surface area (Å²) in [6, 6.07) is 2.15. The maximum atomic E-state index is 12.8. The molecule has 0 bridgehead atoms.